The molecule has 0 aliphatic carbocycles. The number of hydrogen-bond acceptors (Lipinski definition) is 5. The number of hydrogen-bond donors (Lipinski definition) is 2. The van der Waals surface area contributed by atoms with Gasteiger partial charge in [0.2, 0.25) is 5.91 Å². The number of benzene rings is 1. The van der Waals surface area contributed by atoms with Gasteiger partial charge in [-0.2, -0.15) is 11.8 Å². The molecule has 1 amide bonds. The fourth-order valence-corrected chi connectivity index (χ4v) is 3.15. The quantitative estimate of drug-likeness (QED) is 0.869. The summed E-state index contributed by atoms with van der Waals surface area (Å²) >= 11 is 2.97. The van der Waals surface area contributed by atoms with Crippen molar-refractivity contribution in [2.45, 2.75) is 19.4 Å². The summed E-state index contributed by atoms with van der Waals surface area (Å²) in [4.78, 5) is 16.2. The molecule has 0 unspecified atom stereocenters. The number of nitrogens with two attached hydrogens (primary N) is 1. The van der Waals surface area contributed by atoms with Crippen LogP contribution in [0.15, 0.2) is 12.1 Å². The SMILES string of the molecule is CSCC[C@H](N)C(=O)Nc1nc2c(C)c(F)ccc2s1.Cl. The van der Waals surface area contributed by atoms with E-state index in [-0.39, 0.29) is 24.1 Å². The Bertz CT molecular complexity index is 635. The van der Waals surface area contributed by atoms with Crippen LogP contribution in [0.1, 0.15) is 12.0 Å². The highest BCUT2D eigenvalue weighted by Crippen LogP contribution is 2.29. The summed E-state index contributed by atoms with van der Waals surface area (Å²) in [7, 11) is 0. The zero-order valence-corrected chi connectivity index (χ0v) is 14.1. The van der Waals surface area contributed by atoms with E-state index < -0.39 is 6.04 Å². The molecule has 1 aromatic carbocycles. The summed E-state index contributed by atoms with van der Waals surface area (Å²) in [6.07, 6.45) is 2.58. The molecule has 8 heteroatoms. The first-order chi connectivity index (χ1) is 9.52. The van der Waals surface area contributed by atoms with Gasteiger partial charge in [-0.15, -0.1) is 12.4 Å². The first-order valence-electron chi connectivity index (χ1n) is 6.14. The fraction of sp³-hybridized carbons (Fsp3) is 0.385. The standard InChI is InChI=1S/C13H16FN3OS2.ClH/c1-7-8(14)3-4-10-11(7)16-13(20-10)17-12(18)9(15)5-6-19-2;/h3-4,9H,5-6,15H2,1-2H3,(H,16,17,18);1H/t9-;/m0./s1. The van der Waals surface area contributed by atoms with Gasteiger partial charge < -0.3 is 11.1 Å². The highest BCUT2D eigenvalue weighted by Gasteiger charge is 2.16. The number of halogens is 2. The van der Waals surface area contributed by atoms with E-state index in [2.05, 4.69) is 10.3 Å². The molecule has 2 rings (SSSR count). The second-order valence-electron chi connectivity index (χ2n) is 4.42. The zero-order chi connectivity index (χ0) is 14.7. The minimum absolute atomic E-state index is 0. The summed E-state index contributed by atoms with van der Waals surface area (Å²) in [6.45, 7) is 1.67. The van der Waals surface area contributed by atoms with Crippen LogP contribution in [0.2, 0.25) is 0 Å². The van der Waals surface area contributed by atoms with E-state index in [1.165, 1.54) is 17.4 Å². The number of fused-ring (bicyclic) bond motifs is 1. The number of rotatable bonds is 5. The Balaban J connectivity index is 0.00000220. The predicted molar refractivity (Wildman–Crippen MR) is 91.2 cm³/mol. The molecule has 0 saturated carbocycles. The van der Waals surface area contributed by atoms with Crippen LogP contribution < -0.4 is 11.1 Å². The van der Waals surface area contributed by atoms with Crippen molar-refractivity contribution < 1.29 is 9.18 Å². The first-order valence-corrected chi connectivity index (χ1v) is 8.35. The fourth-order valence-electron chi connectivity index (χ4n) is 1.73. The molecule has 3 N–H and O–H groups in total. The Labute approximate surface area is 137 Å². The van der Waals surface area contributed by atoms with Gasteiger partial charge >= 0.3 is 0 Å². The third-order valence-corrected chi connectivity index (χ3v) is 4.53. The van der Waals surface area contributed by atoms with E-state index in [0.717, 1.165) is 10.5 Å². The molecule has 4 nitrogen and oxygen atoms in total. The van der Waals surface area contributed by atoms with Gasteiger partial charge in [0.25, 0.3) is 0 Å². The van der Waals surface area contributed by atoms with E-state index in [1.807, 2.05) is 6.26 Å². The summed E-state index contributed by atoms with van der Waals surface area (Å²) in [6, 6.07) is 2.52. The number of thioether (sulfide) groups is 1. The Morgan fingerprint density at radius 1 is 1.57 bits per heavy atom. The smallest absolute Gasteiger partial charge is 0.243 e. The number of aromatic nitrogens is 1. The number of anilines is 1. The van der Waals surface area contributed by atoms with E-state index in [9.17, 15) is 9.18 Å². The lowest BCUT2D eigenvalue weighted by atomic mass is 10.2. The van der Waals surface area contributed by atoms with Crippen molar-refractivity contribution in [3.05, 3.63) is 23.5 Å². The monoisotopic (exact) mass is 349 g/mol. The van der Waals surface area contributed by atoms with E-state index in [1.54, 1.807) is 24.8 Å². The summed E-state index contributed by atoms with van der Waals surface area (Å²) in [5, 5.41) is 3.16. The van der Waals surface area contributed by atoms with E-state index in [4.69, 9.17) is 5.73 Å². The average Bonchev–Trinajstić information content (AvgIpc) is 2.83. The Morgan fingerprint density at radius 3 is 2.95 bits per heavy atom. The minimum Gasteiger partial charge on any atom is -0.320 e. The Morgan fingerprint density at radius 2 is 2.29 bits per heavy atom. The van der Waals surface area contributed by atoms with Crippen molar-refractivity contribution in [3.8, 4) is 0 Å². The molecule has 0 aliphatic rings. The lowest BCUT2D eigenvalue weighted by Gasteiger charge is -2.09. The van der Waals surface area contributed by atoms with Crippen molar-refractivity contribution in [2.24, 2.45) is 5.73 Å². The van der Waals surface area contributed by atoms with Crippen molar-refractivity contribution >= 4 is 56.8 Å². The second-order valence-corrected chi connectivity index (χ2v) is 6.43. The molecule has 0 radical (unpaired) electrons. The van der Waals surface area contributed by atoms with Crippen LogP contribution in [-0.2, 0) is 4.79 Å². The van der Waals surface area contributed by atoms with Crippen LogP contribution in [-0.4, -0.2) is 28.9 Å². The molecule has 2 aromatic rings. The Hall–Kier alpha value is -0.890. The average molecular weight is 350 g/mol. The molecular formula is C13H17ClFN3OS2. The van der Waals surface area contributed by atoms with Crippen LogP contribution >= 0.6 is 35.5 Å². The number of nitrogens with one attached hydrogen (secondary N) is 1. The Kier molecular flexibility index (Phi) is 6.86. The third kappa shape index (κ3) is 4.29. The summed E-state index contributed by atoms with van der Waals surface area (Å²) < 4.78 is 14.3. The molecule has 1 aromatic heterocycles. The maximum absolute atomic E-state index is 13.4. The highest BCUT2D eigenvalue weighted by molar-refractivity contribution is 7.98. The molecule has 1 heterocycles. The molecule has 0 bridgehead atoms. The van der Waals surface area contributed by atoms with Crippen LogP contribution in [0.3, 0.4) is 0 Å². The zero-order valence-electron chi connectivity index (χ0n) is 11.7. The topological polar surface area (TPSA) is 68.0 Å². The third-order valence-electron chi connectivity index (χ3n) is 2.95. The number of amides is 1. The molecule has 0 saturated heterocycles. The van der Waals surface area contributed by atoms with Gasteiger partial charge in [-0.3, -0.25) is 4.79 Å². The van der Waals surface area contributed by atoms with E-state index >= 15 is 0 Å². The molecular weight excluding hydrogens is 333 g/mol. The number of aryl methyl sites for hydroxylation is 1. The maximum atomic E-state index is 13.4. The van der Waals surface area contributed by atoms with Gasteiger partial charge in [-0.05, 0) is 37.5 Å². The number of carbonyl (C=O) groups excluding carboxylic acids is 1. The predicted octanol–water partition coefficient (Wildman–Crippen LogP) is 3.18. The van der Waals surface area contributed by atoms with Crippen molar-refractivity contribution in [2.75, 3.05) is 17.3 Å². The van der Waals surface area contributed by atoms with Crippen LogP contribution in [0.25, 0.3) is 10.2 Å². The van der Waals surface area contributed by atoms with Gasteiger partial charge in [-0.25, -0.2) is 9.37 Å². The van der Waals surface area contributed by atoms with Gasteiger partial charge in [0.1, 0.15) is 5.82 Å². The normalized spacial score (nSPS) is 12.0. The summed E-state index contributed by atoms with van der Waals surface area (Å²) in [5.41, 5.74) is 6.87. The van der Waals surface area contributed by atoms with Crippen LogP contribution in [0, 0.1) is 12.7 Å². The van der Waals surface area contributed by atoms with Crippen LogP contribution in [0.5, 0.6) is 0 Å². The molecule has 0 fully saturated rings. The number of thiazole rings is 1. The largest absolute Gasteiger partial charge is 0.320 e. The molecule has 21 heavy (non-hydrogen) atoms. The lowest BCUT2D eigenvalue weighted by molar-refractivity contribution is -0.117. The second kappa shape index (κ2) is 7.93. The van der Waals surface area contributed by atoms with Gasteiger partial charge in [0, 0.05) is 5.56 Å². The van der Waals surface area contributed by atoms with Crippen LogP contribution in [0.4, 0.5) is 9.52 Å². The van der Waals surface area contributed by atoms with Gasteiger partial charge in [-0.1, -0.05) is 11.3 Å². The molecule has 0 aliphatic heterocycles. The summed E-state index contributed by atoms with van der Waals surface area (Å²) in [5.74, 6) is 0.284. The van der Waals surface area contributed by atoms with Crippen molar-refractivity contribution in [1.82, 2.24) is 4.98 Å². The van der Waals surface area contributed by atoms with Crippen molar-refractivity contribution in [3.63, 3.8) is 0 Å². The lowest BCUT2D eigenvalue weighted by Crippen LogP contribution is -2.36. The number of carbonyl (C=O) groups is 1. The van der Waals surface area contributed by atoms with Crippen molar-refractivity contribution in [1.29, 1.82) is 0 Å². The van der Waals surface area contributed by atoms with Gasteiger partial charge in [0.15, 0.2) is 5.13 Å². The maximum Gasteiger partial charge on any atom is 0.243 e. The van der Waals surface area contributed by atoms with Gasteiger partial charge in [0.05, 0.1) is 16.3 Å². The molecule has 0 spiro atoms. The number of nitrogens with zero attached hydrogens (tertiary/aromatic N) is 1. The first kappa shape index (κ1) is 18.2. The minimum atomic E-state index is -0.549. The molecule has 116 valence electrons. The van der Waals surface area contributed by atoms with E-state index in [0.29, 0.717) is 22.6 Å². The molecule has 1 atom stereocenters. The highest BCUT2D eigenvalue weighted by atomic mass is 35.5.